The maximum atomic E-state index is 12.3. The molecule has 2 aromatic rings. The minimum atomic E-state index is -0.378. The summed E-state index contributed by atoms with van der Waals surface area (Å²) in [6, 6.07) is 5.61. The Morgan fingerprint density at radius 1 is 1.36 bits per heavy atom. The third-order valence-corrected chi connectivity index (χ3v) is 4.35. The third kappa shape index (κ3) is 2.50. The molecule has 2 heterocycles. The van der Waals surface area contributed by atoms with Gasteiger partial charge in [0, 0.05) is 10.4 Å². The summed E-state index contributed by atoms with van der Waals surface area (Å²) in [5.74, 6) is 1.01. The van der Waals surface area contributed by atoms with Crippen LogP contribution in [0, 0.1) is 6.92 Å². The lowest BCUT2D eigenvalue weighted by Gasteiger charge is -2.08. The minimum Gasteiger partial charge on any atom is -0.462 e. The Labute approximate surface area is 132 Å². The molecule has 0 spiro atoms. The van der Waals surface area contributed by atoms with Gasteiger partial charge in [-0.1, -0.05) is 13.0 Å². The Bertz CT molecular complexity index is 723. The second kappa shape index (κ2) is 5.88. The van der Waals surface area contributed by atoms with E-state index < -0.39 is 0 Å². The van der Waals surface area contributed by atoms with E-state index in [4.69, 9.17) is 19.9 Å². The van der Waals surface area contributed by atoms with Crippen LogP contribution in [0.5, 0.6) is 11.5 Å². The van der Waals surface area contributed by atoms with E-state index in [1.807, 2.05) is 32.0 Å². The number of hydrogen-bond acceptors (Lipinski definition) is 6. The van der Waals surface area contributed by atoms with Crippen molar-refractivity contribution in [1.29, 1.82) is 0 Å². The Balaban J connectivity index is 2.05. The fourth-order valence-electron chi connectivity index (χ4n) is 2.44. The second-order valence-corrected chi connectivity index (χ2v) is 6.23. The molecule has 1 aliphatic rings. The first-order valence-electron chi connectivity index (χ1n) is 7.07. The first-order chi connectivity index (χ1) is 10.6. The van der Waals surface area contributed by atoms with Gasteiger partial charge in [0.25, 0.3) is 0 Å². The number of fused-ring (bicyclic) bond motifs is 1. The highest BCUT2D eigenvalue weighted by atomic mass is 32.1. The van der Waals surface area contributed by atoms with Crippen molar-refractivity contribution in [2.45, 2.75) is 20.3 Å². The van der Waals surface area contributed by atoms with Crippen molar-refractivity contribution in [3.05, 3.63) is 28.6 Å². The molecule has 0 bridgehead atoms. The van der Waals surface area contributed by atoms with Crippen LogP contribution in [-0.4, -0.2) is 19.4 Å². The number of carbonyl (C=O) groups excluding carboxylic acids is 1. The second-order valence-electron chi connectivity index (χ2n) is 4.98. The summed E-state index contributed by atoms with van der Waals surface area (Å²) in [5, 5.41) is 0.478. The van der Waals surface area contributed by atoms with E-state index in [1.165, 1.54) is 11.3 Å². The van der Waals surface area contributed by atoms with E-state index >= 15 is 0 Å². The van der Waals surface area contributed by atoms with Crippen LogP contribution >= 0.6 is 11.3 Å². The van der Waals surface area contributed by atoms with Crippen LogP contribution in [0.2, 0.25) is 0 Å². The zero-order valence-corrected chi connectivity index (χ0v) is 13.3. The lowest BCUT2D eigenvalue weighted by atomic mass is 10.0. The molecule has 6 heteroatoms. The number of thiophene rings is 1. The molecule has 2 N–H and O–H groups in total. The zero-order chi connectivity index (χ0) is 15.7. The number of hydrogen-bond donors (Lipinski definition) is 1. The molecule has 116 valence electrons. The summed E-state index contributed by atoms with van der Waals surface area (Å²) in [7, 11) is 0. The molecule has 0 saturated heterocycles. The number of nitrogens with two attached hydrogens (primary N) is 1. The van der Waals surface area contributed by atoms with Crippen LogP contribution in [0.1, 0.15) is 28.6 Å². The minimum absolute atomic E-state index is 0.217. The maximum Gasteiger partial charge on any atom is 0.341 e. The molecule has 0 radical (unpaired) electrons. The quantitative estimate of drug-likeness (QED) is 0.872. The first-order valence-corrected chi connectivity index (χ1v) is 7.89. The zero-order valence-electron chi connectivity index (χ0n) is 12.5. The molecular formula is C16H17NO4S. The van der Waals surface area contributed by atoms with Gasteiger partial charge in [-0.3, -0.25) is 0 Å². The van der Waals surface area contributed by atoms with Crippen LogP contribution in [-0.2, 0) is 4.74 Å². The molecule has 0 unspecified atom stereocenters. The summed E-state index contributed by atoms with van der Waals surface area (Å²) >= 11 is 1.39. The van der Waals surface area contributed by atoms with Gasteiger partial charge < -0.3 is 19.9 Å². The number of aryl methyl sites for hydroxylation is 1. The Morgan fingerprint density at radius 2 is 2.14 bits per heavy atom. The number of ether oxygens (including phenoxy) is 3. The van der Waals surface area contributed by atoms with Gasteiger partial charge in [-0.25, -0.2) is 4.79 Å². The standard InChI is InChI=1S/C16H17NO4S/c1-3-6-19-16(18)14-13(9(2)22-15(14)17)10-4-5-11-12(7-10)21-8-20-11/h4-5,7H,3,6,8,17H2,1-2H3. The highest BCUT2D eigenvalue weighted by molar-refractivity contribution is 7.16. The van der Waals surface area contributed by atoms with Crippen LogP contribution in [0.15, 0.2) is 18.2 Å². The highest BCUT2D eigenvalue weighted by Gasteiger charge is 2.24. The number of esters is 1. The van der Waals surface area contributed by atoms with E-state index in [-0.39, 0.29) is 12.8 Å². The van der Waals surface area contributed by atoms with Crippen molar-refractivity contribution in [3.63, 3.8) is 0 Å². The molecule has 3 rings (SSSR count). The van der Waals surface area contributed by atoms with Crippen molar-refractivity contribution in [3.8, 4) is 22.6 Å². The van der Waals surface area contributed by atoms with Crippen LogP contribution in [0.3, 0.4) is 0 Å². The van der Waals surface area contributed by atoms with Gasteiger partial charge in [0.1, 0.15) is 10.6 Å². The molecule has 0 aliphatic carbocycles. The van der Waals surface area contributed by atoms with Crippen molar-refractivity contribution < 1.29 is 19.0 Å². The average molecular weight is 319 g/mol. The summed E-state index contributed by atoms with van der Waals surface area (Å²) in [5.41, 5.74) is 8.15. The molecule has 0 fully saturated rings. The number of carbonyl (C=O) groups is 1. The van der Waals surface area contributed by atoms with Gasteiger partial charge in [-0.05, 0) is 31.0 Å². The van der Waals surface area contributed by atoms with Crippen molar-refractivity contribution >= 4 is 22.3 Å². The smallest absolute Gasteiger partial charge is 0.341 e. The predicted molar refractivity (Wildman–Crippen MR) is 85.6 cm³/mol. The SMILES string of the molecule is CCCOC(=O)c1c(N)sc(C)c1-c1ccc2c(c1)OCO2. The largest absolute Gasteiger partial charge is 0.462 e. The van der Waals surface area contributed by atoms with Crippen LogP contribution < -0.4 is 15.2 Å². The molecular weight excluding hydrogens is 302 g/mol. The third-order valence-electron chi connectivity index (χ3n) is 3.41. The lowest BCUT2D eigenvalue weighted by molar-refractivity contribution is 0.0507. The van der Waals surface area contributed by atoms with Crippen molar-refractivity contribution in [2.24, 2.45) is 0 Å². The molecule has 1 aliphatic heterocycles. The topological polar surface area (TPSA) is 70.8 Å². The number of nitrogen functional groups attached to an aromatic ring is 1. The molecule has 1 aromatic carbocycles. The summed E-state index contributed by atoms with van der Waals surface area (Å²) in [4.78, 5) is 13.3. The van der Waals surface area contributed by atoms with Gasteiger partial charge in [0.05, 0.1) is 6.61 Å². The van der Waals surface area contributed by atoms with Gasteiger partial charge in [0.15, 0.2) is 11.5 Å². The van der Waals surface area contributed by atoms with Gasteiger partial charge in [0.2, 0.25) is 6.79 Å². The van der Waals surface area contributed by atoms with Crippen molar-refractivity contribution in [2.75, 3.05) is 19.1 Å². The Hall–Kier alpha value is -2.21. The maximum absolute atomic E-state index is 12.3. The summed E-state index contributed by atoms with van der Waals surface area (Å²) in [6.07, 6.45) is 0.772. The highest BCUT2D eigenvalue weighted by Crippen LogP contribution is 2.42. The fourth-order valence-corrected chi connectivity index (χ4v) is 3.37. The Morgan fingerprint density at radius 3 is 2.91 bits per heavy atom. The predicted octanol–water partition coefficient (Wildman–Crippen LogP) is 3.60. The van der Waals surface area contributed by atoms with Crippen LogP contribution in [0.4, 0.5) is 5.00 Å². The van der Waals surface area contributed by atoms with E-state index in [9.17, 15) is 4.79 Å². The summed E-state index contributed by atoms with van der Waals surface area (Å²) in [6.45, 7) is 4.49. The summed E-state index contributed by atoms with van der Waals surface area (Å²) < 4.78 is 16.0. The average Bonchev–Trinajstić information content (AvgIpc) is 3.07. The Kier molecular flexibility index (Phi) is 3.94. The molecule has 0 atom stereocenters. The van der Waals surface area contributed by atoms with E-state index in [1.54, 1.807) is 0 Å². The molecule has 0 amide bonds. The van der Waals surface area contributed by atoms with E-state index in [0.717, 1.165) is 22.4 Å². The first kappa shape index (κ1) is 14.7. The monoisotopic (exact) mass is 319 g/mol. The van der Waals surface area contributed by atoms with Gasteiger partial charge >= 0.3 is 5.97 Å². The molecule has 5 nitrogen and oxygen atoms in total. The molecule has 1 aromatic heterocycles. The van der Waals surface area contributed by atoms with E-state index in [0.29, 0.717) is 28.7 Å². The normalized spacial score (nSPS) is 12.5. The molecule has 22 heavy (non-hydrogen) atoms. The van der Waals surface area contributed by atoms with E-state index in [2.05, 4.69) is 0 Å². The van der Waals surface area contributed by atoms with Crippen molar-refractivity contribution in [1.82, 2.24) is 0 Å². The fraction of sp³-hybridized carbons (Fsp3) is 0.312. The number of rotatable bonds is 4. The van der Waals surface area contributed by atoms with Gasteiger partial charge in [-0.15, -0.1) is 11.3 Å². The number of benzene rings is 1. The molecule has 0 saturated carbocycles. The number of anilines is 1. The van der Waals surface area contributed by atoms with Gasteiger partial charge in [-0.2, -0.15) is 0 Å². The van der Waals surface area contributed by atoms with Crippen LogP contribution in [0.25, 0.3) is 11.1 Å². The lowest BCUT2D eigenvalue weighted by Crippen LogP contribution is -2.08.